The van der Waals surface area contributed by atoms with Crippen molar-refractivity contribution in [2.45, 2.75) is 51.0 Å². The van der Waals surface area contributed by atoms with Crippen LogP contribution in [0.2, 0.25) is 10.0 Å². The van der Waals surface area contributed by atoms with Gasteiger partial charge in [0.1, 0.15) is 5.82 Å². The van der Waals surface area contributed by atoms with E-state index >= 15 is 0 Å². The van der Waals surface area contributed by atoms with Crippen molar-refractivity contribution in [1.82, 2.24) is 10.2 Å². The van der Waals surface area contributed by atoms with Gasteiger partial charge in [0, 0.05) is 22.5 Å². The Hall–Kier alpha value is -1.95. The van der Waals surface area contributed by atoms with Gasteiger partial charge in [-0.05, 0) is 113 Å². The van der Waals surface area contributed by atoms with Gasteiger partial charge in [-0.15, -0.1) is 0 Å². The fraction of sp³-hybridized carbons (Fsp3) is 0.481. The molecular formula is C27H31Cl2FN2O2. The molecule has 1 N–H and O–H groups in total. The summed E-state index contributed by atoms with van der Waals surface area (Å²) in [6, 6.07) is 11.0. The third-order valence-corrected chi connectivity index (χ3v) is 7.85. The SMILES string of the molecule is O=C(NC1CCC(CCN2CCC(C(=O)c3ccc(F)cc3)CC2)CC1)c1ccc(Cl)cc1Cl. The smallest absolute Gasteiger partial charge is 0.253 e. The van der Waals surface area contributed by atoms with Crippen LogP contribution in [-0.2, 0) is 0 Å². The molecule has 2 fully saturated rings. The minimum absolute atomic E-state index is 0.0369. The molecule has 2 aromatic carbocycles. The van der Waals surface area contributed by atoms with Crippen LogP contribution >= 0.6 is 23.2 Å². The molecule has 1 aliphatic carbocycles. The van der Waals surface area contributed by atoms with Gasteiger partial charge < -0.3 is 10.2 Å². The molecule has 1 heterocycles. The zero-order valence-corrected chi connectivity index (χ0v) is 20.8. The molecule has 1 saturated carbocycles. The van der Waals surface area contributed by atoms with E-state index in [1.165, 1.54) is 12.1 Å². The minimum atomic E-state index is -0.311. The molecule has 0 atom stereocenters. The van der Waals surface area contributed by atoms with E-state index in [1.807, 2.05) is 0 Å². The first kappa shape index (κ1) is 25.2. The Morgan fingerprint density at radius 2 is 1.62 bits per heavy atom. The zero-order valence-electron chi connectivity index (χ0n) is 19.2. The lowest BCUT2D eigenvalue weighted by atomic mass is 9.83. The molecule has 1 saturated heterocycles. The first-order valence-corrected chi connectivity index (χ1v) is 12.9. The summed E-state index contributed by atoms with van der Waals surface area (Å²) < 4.78 is 13.1. The molecule has 0 aromatic heterocycles. The summed E-state index contributed by atoms with van der Waals surface area (Å²) in [5.41, 5.74) is 1.08. The second kappa shape index (κ2) is 11.7. The highest BCUT2D eigenvalue weighted by molar-refractivity contribution is 6.36. The van der Waals surface area contributed by atoms with Crippen LogP contribution < -0.4 is 5.32 Å². The van der Waals surface area contributed by atoms with Gasteiger partial charge in [-0.3, -0.25) is 9.59 Å². The number of nitrogens with one attached hydrogen (secondary N) is 1. The normalized spacial score (nSPS) is 21.9. The molecule has 0 spiro atoms. The number of nitrogens with zero attached hydrogens (tertiary/aromatic N) is 1. The summed E-state index contributed by atoms with van der Waals surface area (Å²) in [5, 5.41) is 4.02. The van der Waals surface area contributed by atoms with E-state index in [9.17, 15) is 14.0 Å². The molecule has 1 amide bonds. The van der Waals surface area contributed by atoms with Crippen molar-refractivity contribution in [3.63, 3.8) is 0 Å². The molecule has 182 valence electrons. The Morgan fingerprint density at radius 3 is 2.26 bits per heavy atom. The lowest BCUT2D eigenvalue weighted by Crippen LogP contribution is -2.39. The van der Waals surface area contributed by atoms with Gasteiger partial charge in [-0.2, -0.15) is 0 Å². The number of carbonyl (C=O) groups excluding carboxylic acids is 2. The van der Waals surface area contributed by atoms with E-state index < -0.39 is 0 Å². The molecule has 4 nitrogen and oxygen atoms in total. The monoisotopic (exact) mass is 504 g/mol. The molecule has 2 aliphatic rings. The lowest BCUT2D eigenvalue weighted by molar-refractivity contribution is 0.0832. The number of hydrogen-bond acceptors (Lipinski definition) is 3. The van der Waals surface area contributed by atoms with Crippen molar-refractivity contribution in [1.29, 1.82) is 0 Å². The number of benzene rings is 2. The van der Waals surface area contributed by atoms with Gasteiger partial charge in [0.25, 0.3) is 5.91 Å². The zero-order chi connectivity index (χ0) is 24.1. The molecule has 34 heavy (non-hydrogen) atoms. The number of piperidine rings is 1. The van der Waals surface area contributed by atoms with Crippen molar-refractivity contribution < 1.29 is 14.0 Å². The first-order valence-electron chi connectivity index (χ1n) is 12.2. The Bertz CT molecular complexity index is 998. The number of ketones is 1. The summed E-state index contributed by atoms with van der Waals surface area (Å²) in [7, 11) is 0. The predicted molar refractivity (Wildman–Crippen MR) is 134 cm³/mol. The Labute approximate surface area is 210 Å². The Morgan fingerprint density at radius 1 is 0.941 bits per heavy atom. The predicted octanol–water partition coefficient (Wildman–Crippen LogP) is 6.41. The van der Waals surface area contributed by atoms with Crippen LogP contribution in [0.15, 0.2) is 42.5 Å². The quantitative estimate of drug-likeness (QED) is 0.443. The number of rotatable bonds is 7. The average molecular weight is 505 g/mol. The summed E-state index contributed by atoms with van der Waals surface area (Å²) in [6.07, 6.45) is 7.06. The van der Waals surface area contributed by atoms with Gasteiger partial charge in [-0.25, -0.2) is 4.39 Å². The maximum absolute atomic E-state index is 13.1. The lowest BCUT2D eigenvalue weighted by Gasteiger charge is -2.34. The standard InChI is InChI=1S/C27H31Cl2FN2O2/c28-21-5-10-24(25(29)17-21)27(34)31-23-8-1-18(2-9-23)11-14-32-15-12-20(13-16-32)26(33)19-3-6-22(30)7-4-19/h3-7,10,17-18,20,23H,1-2,8-9,11-16H2,(H,31,34). The maximum Gasteiger partial charge on any atom is 0.253 e. The third-order valence-electron chi connectivity index (χ3n) is 7.30. The van der Waals surface area contributed by atoms with Gasteiger partial charge in [0.05, 0.1) is 10.6 Å². The molecular weight excluding hydrogens is 474 g/mol. The average Bonchev–Trinajstić information content (AvgIpc) is 2.84. The highest BCUT2D eigenvalue weighted by Crippen LogP contribution is 2.29. The largest absolute Gasteiger partial charge is 0.349 e. The maximum atomic E-state index is 13.1. The first-order chi connectivity index (χ1) is 16.4. The second-order valence-corrected chi connectivity index (χ2v) is 10.4. The van der Waals surface area contributed by atoms with E-state index in [0.717, 1.165) is 64.6 Å². The van der Waals surface area contributed by atoms with Gasteiger partial charge in [0.15, 0.2) is 5.78 Å². The number of Topliss-reactive ketones (excluding diaryl/α,β-unsaturated/α-hetero) is 1. The van der Waals surface area contributed by atoms with Gasteiger partial charge in [0.2, 0.25) is 0 Å². The van der Waals surface area contributed by atoms with Gasteiger partial charge >= 0.3 is 0 Å². The second-order valence-electron chi connectivity index (χ2n) is 9.59. The van der Waals surface area contributed by atoms with Crippen molar-refractivity contribution in [2.24, 2.45) is 11.8 Å². The van der Waals surface area contributed by atoms with Gasteiger partial charge in [-0.1, -0.05) is 23.2 Å². The number of halogens is 3. The van der Waals surface area contributed by atoms with Crippen molar-refractivity contribution in [3.8, 4) is 0 Å². The fourth-order valence-corrected chi connectivity index (χ4v) is 5.66. The number of likely N-dealkylation sites (tertiary alicyclic amines) is 1. The number of amides is 1. The van der Waals surface area contributed by atoms with E-state index in [2.05, 4.69) is 10.2 Å². The van der Waals surface area contributed by atoms with Crippen LogP contribution in [0.25, 0.3) is 0 Å². The van der Waals surface area contributed by atoms with Crippen LogP contribution in [-0.4, -0.2) is 42.3 Å². The highest BCUT2D eigenvalue weighted by Gasteiger charge is 2.27. The molecule has 0 unspecified atom stereocenters. The number of carbonyl (C=O) groups is 2. The van der Waals surface area contributed by atoms with E-state index in [1.54, 1.807) is 30.3 Å². The summed E-state index contributed by atoms with van der Waals surface area (Å²) in [4.78, 5) is 27.7. The fourth-order valence-electron chi connectivity index (χ4n) is 5.17. The molecule has 2 aromatic rings. The highest BCUT2D eigenvalue weighted by atomic mass is 35.5. The van der Waals surface area contributed by atoms with Crippen LogP contribution in [0.4, 0.5) is 4.39 Å². The molecule has 4 rings (SSSR count). The van der Waals surface area contributed by atoms with Crippen LogP contribution in [0.1, 0.15) is 65.7 Å². The summed E-state index contributed by atoms with van der Waals surface area (Å²) in [5.74, 6) is 0.401. The van der Waals surface area contributed by atoms with Crippen LogP contribution in [0, 0.1) is 17.7 Å². The summed E-state index contributed by atoms with van der Waals surface area (Å²) >= 11 is 12.1. The number of hydrogen-bond donors (Lipinski definition) is 1. The minimum Gasteiger partial charge on any atom is -0.349 e. The Balaban J connectivity index is 1.15. The van der Waals surface area contributed by atoms with Crippen molar-refractivity contribution in [3.05, 3.63) is 69.5 Å². The molecule has 7 heteroatoms. The van der Waals surface area contributed by atoms with Crippen LogP contribution in [0.3, 0.4) is 0 Å². The van der Waals surface area contributed by atoms with E-state index in [-0.39, 0.29) is 29.5 Å². The summed E-state index contributed by atoms with van der Waals surface area (Å²) in [6.45, 7) is 2.93. The van der Waals surface area contributed by atoms with Crippen molar-refractivity contribution >= 4 is 34.9 Å². The van der Waals surface area contributed by atoms with Crippen molar-refractivity contribution in [2.75, 3.05) is 19.6 Å². The molecule has 0 bridgehead atoms. The topological polar surface area (TPSA) is 49.4 Å². The van der Waals surface area contributed by atoms with Crippen LogP contribution in [0.5, 0.6) is 0 Å². The van der Waals surface area contributed by atoms with E-state index in [4.69, 9.17) is 23.2 Å². The van der Waals surface area contributed by atoms with E-state index in [0.29, 0.717) is 27.1 Å². The Kier molecular flexibility index (Phi) is 8.62. The third kappa shape index (κ3) is 6.59. The molecule has 1 aliphatic heterocycles. The molecule has 0 radical (unpaired) electrons.